The molecule has 0 saturated carbocycles. The number of anilines is 1. The molecule has 1 aromatic carbocycles. The molecule has 12 heteroatoms. The number of carbonyl (C=O) groups excluding carboxylic acids is 2. The number of hydrogen-bond acceptors (Lipinski definition) is 6. The summed E-state index contributed by atoms with van der Waals surface area (Å²) in [6.45, 7) is 5.63. The average molecular weight is 629 g/mol. The molecule has 4 N–H and O–H groups in total. The Morgan fingerprint density at radius 3 is 2.56 bits per heavy atom. The molecule has 0 unspecified atom stereocenters. The van der Waals surface area contributed by atoms with Crippen molar-refractivity contribution in [3.05, 3.63) is 77.2 Å². The lowest BCUT2D eigenvalue weighted by atomic mass is 10.0. The number of hydrogen-bond donors (Lipinski definition) is 4. The summed E-state index contributed by atoms with van der Waals surface area (Å²) < 4.78 is 37.7. The van der Waals surface area contributed by atoms with E-state index >= 15 is 0 Å². The predicted octanol–water partition coefficient (Wildman–Crippen LogP) is 4.81. The maximum atomic E-state index is 12.7. The molecule has 0 radical (unpaired) electrons. The maximum Gasteiger partial charge on any atom is 0.389 e. The van der Waals surface area contributed by atoms with Crippen molar-refractivity contribution in [1.82, 2.24) is 20.1 Å². The van der Waals surface area contributed by atoms with Crippen LogP contribution in [0.5, 0.6) is 0 Å². The fourth-order valence-corrected chi connectivity index (χ4v) is 5.28. The van der Waals surface area contributed by atoms with E-state index in [1.165, 1.54) is 4.90 Å². The van der Waals surface area contributed by atoms with Crippen molar-refractivity contribution in [3.63, 3.8) is 0 Å². The summed E-state index contributed by atoms with van der Waals surface area (Å²) in [6.07, 6.45) is 3.18. The van der Waals surface area contributed by atoms with Crippen molar-refractivity contribution < 1.29 is 27.9 Å². The third-order valence-corrected chi connectivity index (χ3v) is 7.91. The van der Waals surface area contributed by atoms with Crippen LogP contribution < -0.4 is 16.1 Å². The molecule has 2 aliphatic rings. The number of piperidine rings is 1. The number of carbonyl (C=O) groups is 2. The lowest BCUT2D eigenvalue weighted by molar-refractivity contribution is -0.148. The van der Waals surface area contributed by atoms with Crippen molar-refractivity contribution in [2.75, 3.05) is 44.6 Å². The van der Waals surface area contributed by atoms with Crippen LogP contribution in [-0.2, 0) is 4.79 Å². The largest absolute Gasteiger partial charge is 0.393 e. The Hall–Kier alpha value is -3.90. The fraction of sp³-hybridized carbons (Fsp3) is 0.485. The first-order valence-corrected chi connectivity index (χ1v) is 15.6. The van der Waals surface area contributed by atoms with Crippen molar-refractivity contribution in [2.24, 2.45) is 4.99 Å². The number of aliphatic hydroxyl groups excluding tert-OH is 1. The van der Waals surface area contributed by atoms with Gasteiger partial charge < -0.3 is 30.5 Å². The Kier molecular flexibility index (Phi) is 12.4. The number of pyridine rings is 1. The highest BCUT2D eigenvalue weighted by molar-refractivity contribution is 5.94. The van der Waals surface area contributed by atoms with Crippen LogP contribution in [0.25, 0.3) is 5.57 Å². The summed E-state index contributed by atoms with van der Waals surface area (Å²) in [6, 6.07) is 11.0. The predicted molar refractivity (Wildman–Crippen MR) is 168 cm³/mol. The molecule has 9 nitrogen and oxygen atoms in total. The molecule has 3 heterocycles. The number of nitrogens with one attached hydrogen (secondary N) is 3. The van der Waals surface area contributed by atoms with Gasteiger partial charge >= 0.3 is 6.18 Å². The van der Waals surface area contributed by atoms with E-state index in [0.29, 0.717) is 36.4 Å². The van der Waals surface area contributed by atoms with Gasteiger partial charge in [-0.3, -0.25) is 9.59 Å². The molecular formula is C33H43F3N6O3. The second-order valence-corrected chi connectivity index (χ2v) is 11.4. The zero-order valence-electron chi connectivity index (χ0n) is 25.7. The summed E-state index contributed by atoms with van der Waals surface area (Å²) in [5.74, 6) is -0.0108. The number of H-pyrrole nitrogens is 1. The number of alkyl halides is 3. The minimum Gasteiger partial charge on any atom is -0.393 e. The van der Waals surface area contributed by atoms with Crippen molar-refractivity contribution in [3.8, 4) is 0 Å². The van der Waals surface area contributed by atoms with E-state index in [1.54, 1.807) is 18.3 Å². The number of amides is 2. The fourth-order valence-electron chi connectivity index (χ4n) is 5.28. The second kappa shape index (κ2) is 16.4. The van der Waals surface area contributed by atoms with Gasteiger partial charge in [0.25, 0.3) is 5.91 Å². The first-order chi connectivity index (χ1) is 21.6. The Morgan fingerprint density at radius 2 is 1.89 bits per heavy atom. The number of rotatable bonds is 12. The molecule has 2 aliphatic heterocycles. The van der Waals surface area contributed by atoms with Gasteiger partial charge in [0, 0.05) is 68.7 Å². The first-order valence-electron chi connectivity index (χ1n) is 15.6. The van der Waals surface area contributed by atoms with Crippen molar-refractivity contribution in [1.29, 1.82) is 0 Å². The van der Waals surface area contributed by atoms with E-state index in [1.807, 2.05) is 36.4 Å². The minimum absolute atomic E-state index is 0.144. The number of aromatic amines is 1. The summed E-state index contributed by atoms with van der Waals surface area (Å²) in [5.41, 5.74) is 3.77. The van der Waals surface area contributed by atoms with Gasteiger partial charge in [-0.15, -0.1) is 0 Å². The van der Waals surface area contributed by atoms with E-state index in [4.69, 9.17) is 4.99 Å². The number of allylic oxidation sites excluding steroid dienone is 1. The van der Waals surface area contributed by atoms with Crippen LogP contribution in [0.4, 0.5) is 18.9 Å². The normalized spacial score (nSPS) is 17.3. The lowest BCUT2D eigenvalue weighted by Gasteiger charge is -2.29. The third-order valence-electron chi connectivity index (χ3n) is 7.91. The lowest BCUT2D eigenvalue weighted by Crippen LogP contribution is -2.40. The Labute approximate surface area is 261 Å². The van der Waals surface area contributed by atoms with Gasteiger partial charge in [-0.1, -0.05) is 19.4 Å². The van der Waals surface area contributed by atoms with Gasteiger partial charge in [-0.05, 0) is 73.7 Å². The van der Waals surface area contributed by atoms with Crippen molar-refractivity contribution >= 4 is 23.1 Å². The standard InChI is InChI=1S/C33H43F3N6O3/c1-2-3-6-29(39-26-9-7-25(8-10-26)32(45)38-18-23-41-19-14-27(43)15-20-41)40-31-28(5-4-17-37-31)24-12-21-42(22-13-24)30(44)11-16-33(34,35)36/h4-10,12,17,27,39,43H,2-3,11,13-16,18-23H2,1H3,(H,37,40)(H,38,45)/b29-6-. The topological polar surface area (TPSA) is 113 Å². The number of aliphatic hydroxyl groups is 1. The van der Waals surface area contributed by atoms with Gasteiger partial charge in [0.05, 0.1) is 12.5 Å². The number of aromatic nitrogens is 1. The molecule has 0 atom stereocenters. The first kappa shape index (κ1) is 34.0. The van der Waals surface area contributed by atoms with E-state index in [9.17, 15) is 27.9 Å². The van der Waals surface area contributed by atoms with Gasteiger partial charge in [0.15, 0.2) is 0 Å². The molecule has 0 bridgehead atoms. The number of nitrogens with zero attached hydrogens (tertiary/aromatic N) is 3. The number of likely N-dealkylation sites (tertiary alicyclic amines) is 1. The number of halogens is 3. The molecule has 2 amide bonds. The zero-order chi connectivity index (χ0) is 32.2. The third kappa shape index (κ3) is 10.9. The number of benzene rings is 1. The molecule has 4 rings (SSSR count). The molecule has 244 valence electrons. The minimum atomic E-state index is -4.35. The molecule has 2 aromatic rings. The Morgan fingerprint density at radius 1 is 1.13 bits per heavy atom. The molecule has 0 spiro atoms. The Bertz CT molecular complexity index is 1410. The molecule has 1 fully saturated rings. The Balaban J connectivity index is 1.39. The van der Waals surface area contributed by atoms with Crippen LogP contribution in [0.1, 0.15) is 67.8 Å². The quantitative estimate of drug-likeness (QED) is 0.270. The molecule has 1 aromatic heterocycles. The zero-order valence-corrected chi connectivity index (χ0v) is 25.7. The number of unbranched alkanes of at least 4 members (excludes halogenated alkanes) is 1. The smallest absolute Gasteiger partial charge is 0.389 e. The average Bonchev–Trinajstić information content (AvgIpc) is 3.03. The van der Waals surface area contributed by atoms with E-state index in [-0.39, 0.29) is 18.6 Å². The molecule has 45 heavy (non-hydrogen) atoms. The van der Waals surface area contributed by atoms with Crippen LogP contribution in [0.2, 0.25) is 0 Å². The van der Waals surface area contributed by atoms with Gasteiger partial charge in [-0.2, -0.15) is 13.2 Å². The SMILES string of the molecule is CCC/C=C(\N=c1/[nH]cccc1C1=CCN(C(=O)CCC(F)(F)F)CC1)Nc1ccc(C(=O)NCCN2CCC(O)CC2)cc1. The highest BCUT2D eigenvalue weighted by Gasteiger charge is 2.29. The van der Waals surface area contributed by atoms with Crippen molar-refractivity contribution in [2.45, 2.75) is 64.1 Å². The summed E-state index contributed by atoms with van der Waals surface area (Å²) in [7, 11) is 0. The van der Waals surface area contributed by atoms with Crippen LogP contribution >= 0.6 is 0 Å². The van der Waals surface area contributed by atoms with Gasteiger partial charge in [-0.25, -0.2) is 4.99 Å². The summed E-state index contributed by atoms with van der Waals surface area (Å²) in [4.78, 5) is 36.7. The van der Waals surface area contributed by atoms with Crippen LogP contribution in [0, 0.1) is 0 Å². The van der Waals surface area contributed by atoms with Crippen LogP contribution in [-0.4, -0.2) is 83.3 Å². The maximum absolute atomic E-state index is 12.7. The molecule has 1 saturated heterocycles. The van der Waals surface area contributed by atoms with Gasteiger partial charge in [0.1, 0.15) is 11.3 Å². The monoisotopic (exact) mass is 628 g/mol. The van der Waals surface area contributed by atoms with E-state index in [0.717, 1.165) is 62.1 Å². The molecular weight excluding hydrogens is 585 g/mol. The van der Waals surface area contributed by atoms with E-state index < -0.39 is 24.9 Å². The van der Waals surface area contributed by atoms with Gasteiger partial charge in [0.2, 0.25) is 5.91 Å². The van der Waals surface area contributed by atoms with E-state index in [2.05, 4.69) is 27.4 Å². The van der Waals surface area contributed by atoms with Crippen LogP contribution in [0.15, 0.2) is 65.6 Å². The summed E-state index contributed by atoms with van der Waals surface area (Å²) >= 11 is 0. The highest BCUT2D eigenvalue weighted by atomic mass is 19.4. The second-order valence-electron chi connectivity index (χ2n) is 11.4. The highest BCUT2D eigenvalue weighted by Crippen LogP contribution is 2.24. The summed E-state index contributed by atoms with van der Waals surface area (Å²) in [5, 5.41) is 16.0. The molecule has 0 aliphatic carbocycles. The van der Waals surface area contributed by atoms with Crippen LogP contribution in [0.3, 0.4) is 0 Å².